The number of methoxy groups -OCH3 is 1. The minimum absolute atomic E-state index is 0.0703. The van der Waals surface area contributed by atoms with Crippen molar-refractivity contribution in [3.05, 3.63) is 54.1 Å². The number of hydrogen-bond acceptors (Lipinski definition) is 6. The number of amides is 2. The highest BCUT2D eigenvalue weighted by Gasteiger charge is 2.41. The third kappa shape index (κ3) is 5.22. The smallest absolute Gasteiger partial charge is 0.269 e. The number of fused-ring (bicyclic) bond motifs is 2. The van der Waals surface area contributed by atoms with Gasteiger partial charge in [-0.2, -0.15) is 0 Å². The predicted octanol–water partition coefficient (Wildman–Crippen LogP) is 2.65. The average molecular weight is 486 g/mol. The molecule has 2 unspecified atom stereocenters. The first-order valence-corrected chi connectivity index (χ1v) is 12.7. The van der Waals surface area contributed by atoms with Crippen molar-refractivity contribution in [3.63, 3.8) is 0 Å². The van der Waals surface area contributed by atoms with Crippen molar-refractivity contribution in [2.24, 2.45) is 17.8 Å². The van der Waals surface area contributed by atoms with Gasteiger partial charge in [0, 0.05) is 29.0 Å². The SMILES string of the molecule is COc1ccc(NS(=O)(=O)c2cccc(C(=O)NNC(=O)C3CC4CCCC(C3)C4=O)c2)cc1. The molecule has 180 valence electrons. The molecule has 2 aliphatic rings. The Morgan fingerprint density at radius 2 is 1.65 bits per heavy atom. The molecule has 4 rings (SSSR count). The molecule has 0 aliphatic heterocycles. The van der Waals surface area contributed by atoms with Crippen molar-refractivity contribution >= 4 is 33.3 Å². The molecule has 0 aromatic heterocycles. The van der Waals surface area contributed by atoms with Crippen molar-refractivity contribution in [2.75, 3.05) is 11.8 Å². The maximum atomic E-state index is 12.8. The number of rotatable bonds is 6. The third-order valence-electron chi connectivity index (χ3n) is 6.47. The lowest BCUT2D eigenvalue weighted by molar-refractivity contribution is -0.138. The first kappa shape index (κ1) is 23.7. The Bertz CT molecular complexity index is 1180. The molecule has 3 N–H and O–H groups in total. The number of benzene rings is 2. The number of hydrogen-bond donors (Lipinski definition) is 3. The largest absolute Gasteiger partial charge is 0.497 e. The number of carbonyl (C=O) groups is 3. The standard InChI is InChI=1S/C24H27N3O6S/c1-33-20-10-8-19(9-11-20)27-34(31,32)21-7-3-6-17(14-21)23(29)25-26-24(30)18-12-15-4-2-5-16(13-18)22(15)28/h3,6-11,14-16,18,27H,2,4-5,12-13H2,1H3,(H,25,29)(H,26,30). The second-order valence-electron chi connectivity index (χ2n) is 8.70. The van der Waals surface area contributed by atoms with Gasteiger partial charge in [0.2, 0.25) is 5.91 Å². The molecule has 2 fully saturated rings. The summed E-state index contributed by atoms with van der Waals surface area (Å²) in [6.07, 6.45) is 3.65. The van der Waals surface area contributed by atoms with Gasteiger partial charge in [0.15, 0.2) is 0 Å². The minimum Gasteiger partial charge on any atom is -0.497 e. The van der Waals surface area contributed by atoms with Crippen molar-refractivity contribution in [1.29, 1.82) is 0 Å². The van der Waals surface area contributed by atoms with Gasteiger partial charge in [-0.05, 0) is 68.1 Å². The number of ketones is 1. The molecular weight excluding hydrogens is 458 g/mol. The molecule has 2 aromatic rings. The van der Waals surface area contributed by atoms with E-state index in [0.717, 1.165) is 19.3 Å². The summed E-state index contributed by atoms with van der Waals surface area (Å²) in [5.74, 6) is -0.580. The Morgan fingerprint density at radius 3 is 2.29 bits per heavy atom. The van der Waals surface area contributed by atoms with Gasteiger partial charge in [-0.3, -0.25) is 30.0 Å². The van der Waals surface area contributed by atoms with Crippen molar-refractivity contribution < 1.29 is 27.5 Å². The number of nitrogens with one attached hydrogen (secondary N) is 3. The summed E-state index contributed by atoms with van der Waals surface area (Å²) in [5, 5.41) is 0. The van der Waals surface area contributed by atoms with Crippen molar-refractivity contribution in [2.45, 2.75) is 37.0 Å². The number of hydrazine groups is 1. The van der Waals surface area contributed by atoms with Crippen LogP contribution >= 0.6 is 0 Å². The van der Waals surface area contributed by atoms with E-state index in [9.17, 15) is 22.8 Å². The second kappa shape index (κ2) is 9.84. The number of ether oxygens (including phenoxy) is 1. The summed E-state index contributed by atoms with van der Waals surface area (Å²) >= 11 is 0. The molecule has 2 aromatic carbocycles. The van der Waals surface area contributed by atoms with Gasteiger partial charge < -0.3 is 4.74 Å². The molecule has 2 amide bonds. The summed E-state index contributed by atoms with van der Waals surface area (Å²) in [5.41, 5.74) is 5.22. The molecule has 2 bridgehead atoms. The van der Waals surface area contributed by atoms with Gasteiger partial charge in [-0.15, -0.1) is 0 Å². The fourth-order valence-electron chi connectivity index (χ4n) is 4.66. The van der Waals surface area contributed by atoms with E-state index in [1.165, 1.54) is 31.4 Å². The van der Waals surface area contributed by atoms with Crippen molar-refractivity contribution in [1.82, 2.24) is 10.9 Å². The lowest BCUT2D eigenvalue weighted by atomic mass is 9.67. The van der Waals surface area contributed by atoms with Gasteiger partial charge in [0.1, 0.15) is 11.5 Å². The lowest BCUT2D eigenvalue weighted by Gasteiger charge is -2.36. The van der Waals surface area contributed by atoms with E-state index in [2.05, 4.69) is 15.6 Å². The fraction of sp³-hybridized carbons (Fsp3) is 0.375. The summed E-state index contributed by atoms with van der Waals surface area (Å²) in [6.45, 7) is 0. The van der Waals surface area contributed by atoms with Gasteiger partial charge in [-0.25, -0.2) is 8.42 Å². The van der Waals surface area contributed by atoms with Crippen LogP contribution < -0.4 is 20.3 Å². The highest BCUT2D eigenvalue weighted by molar-refractivity contribution is 7.92. The zero-order valence-electron chi connectivity index (χ0n) is 18.7. The summed E-state index contributed by atoms with van der Waals surface area (Å²) in [6, 6.07) is 11.9. The van der Waals surface area contributed by atoms with Gasteiger partial charge >= 0.3 is 0 Å². The fourth-order valence-corrected chi connectivity index (χ4v) is 5.77. The summed E-state index contributed by atoms with van der Waals surface area (Å²) < 4.78 is 33.0. The molecule has 2 atom stereocenters. The molecule has 0 radical (unpaired) electrons. The van der Waals surface area contributed by atoms with Crippen LogP contribution in [0.25, 0.3) is 0 Å². The number of Topliss-reactive ketones (excluding diaryl/α,β-unsaturated/α-hetero) is 1. The quantitative estimate of drug-likeness (QED) is 0.539. The molecule has 2 saturated carbocycles. The van der Waals surface area contributed by atoms with E-state index in [0.29, 0.717) is 24.3 Å². The molecule has 0 heterocycles. The van der Waals surface area contributed by atoms with Crippen LogP contribution in [0.2, 0.25) is 0 Å². The van der Waals surface area contributed by atoms with Crippen LogP contribution in [0.15, 0.2) is 53.4 Å². The van der Waals surface area contributed by atoms with E-state index < -0.39 is 15.9 Å². The number of carbonyl (C=O) groups excluding carboxylic acids is 3. The predicted molar refractivity (Wildman–Crippen MR) is 124 cm³/mol. The van der Waals surface area contributed by atoms with Crippen LogP contribution in [-0.2, 0) is 19.6 Å². The van der Waals surface area contributed by atoms with Crippen LogP contribution in [0.5, 0.6) is 5.75 Å². The normalized spacial score (nSPS) is 21.9. The van der Waals surface area contributed by atoms with Crippen molar-refractivity contribution in [3.8, 4) is 5.75 Å². The van der Waals surface area contributed by atoms with E-state index in [1.54, 1.807) is 24.3 Å². The Kier molecular flexibility index (Phi) is 6.87. The van der Waals surface area contributed by atoms with E-state index in [-0.39, 0.29) is 39.9 Å². The Hall–Kier alpha value is -3.40. The lowest BCUT2D eigenvalue weighted by Crippen LogP contribution is -2.48. The zero-order valence-corrected chi connectivity index (χ0v) is 19.6. The monoisotopic (exact) mass is 485 g/mol. The third-order valence-corrected chi connectivity index (χ3v) is 7.85. The maximum absolute atomic E-state index is 12.8. The molecule has 0 saturated heterocycles. The molecule has 10 heteroatoms. The maximum Gasteiger partial charge on any atom is 0.269 e. The van der Waals surface area contributed by atoms with Gasteiger partial charge in [0.05, 0.1) is 12.0 Å². The topological polar surface area (TPSA) is 131 Å². The average Bonchev–Trinajstić information content (AvgIpc) is 2.82. The molecule has 34 heavy (non-hydrogen) atoms. The molecule has 2 aliphatic carbocycles. The van der Waals surface area contributed by atoms with Crippen LogP contribution in [0.3, 0.4) is 0 Å². The first-order chi connectivity index (χ1) is 16.3. The minimum atomic E-state index is -3.94. The Labute approximate surface area is 198 Å². The Morgan fingerprint density at radius 1 is 0.971 bits per heavy atom. The molecule has 0 spiro atoms. The van der Waals surface area contributed by atoms with E-state index in [1.807, 2.05) is 0 Å². The number of anilines is 1. The highest BCUT2D eigenvalue weighted by atomic mass is 32.2. The van der Waals surface area contributed by atoms with Crippen LogP contribution in [0.1, 0.15) is 42.5 Å². The number of sulfonamides is 1. The molecular formula is C24H27N3O6S. The highest BCUT2D eigenvalue weighted by Crippen LogP contribution is 2.40. The van der Waals surface area contributed by atoms with E-state index in [4.69, 9.17) is 4.74 Å². The van der Waals surface area contributed by atoms with Gasteiger partial charge in [0.25, 0.3) is 15.9 Å². The van der Waals surface area contributed by atoms with E-state index >= 15 is 0 Å². The second-order valence-corrected chi connectivity index (χ2v) is 10.4. The van der Waals surface area contributed by atoms with Crippen LogP contribution in [-0.4, -0.2) is 33.1 Å². The summed E-state index contributed by atoms with van der Waals surface area (Å²) in [4.78, 5) is 37.3. The van der Waals surface area contributed by atoms with Gasteiger partial charge in [-0.1, -0.05) is 12.5 Å². The summed E-state index contributed by atoms with van der Waals surface area (Å²) in [7, 11) is -2.43. The Balaban J connectivity index is 1.37. The zero-order chi connectivity index (χ0) is 24.3. The first-order valence-electron chi connectivity index (χ1n) is 11.2. The molecule has 9 nitrogen and oxygen atoms in total. The van der Waals surface area contributed by atoms with Crippen LogP contribution in [0.4, 0.5) is 5.69 Å². The van der Waals surface area contributed by atoms with Crippen LogP contribution in [0, 0.1) is 17.8 Å².